The second-order valence-corrected chi connectivity index (χ2v) is 7.84. The van der Waals surface area contributed by atoms with Crippen LogP contribution < -0.4 is 16.0 Å². The summed E-state index contributed by atoms with van der Waals surface area (Å²) in [6, 6.07) is 4.80. The highest BCUT2D eigenvalue weighted by Crippen LogP contribution is 2.30. The quantitative estimate of drug-likeness (QED) is 0.689. The minimum absolute atomic E-state index is 0. The Morgan fingerprint density at radius 2 is 1.86 bits per heavy atom. The lowest BCUT2D eigenvalue weighted by atomic mass is 9.99. The van der Waals surface area contributed by atoms with Crippen molar-refractivity contribution < 1.29 is 9.18 Å². The normalized spacial score (nSPS) is 22.7. The molecule has 0 spiro atoms. The van der Waals surface area contributed by atoms with Crippen molar-refractivity contribution in [2.75, 3.05) is 38.1 Å². The maximum absolute atomic E-state index is 13.9. The fourth-order valence-corrected chi connectivity index (χ4v) is 4.14. The molecular formula is C20H34Cl3FN4O. The van der Waals surface area contributed by atoms with Crippen molar-refractivity contribution in [2.24, 2.45) is 11.7 Å². The second-order valence-electron chi connectivity index (χ2n) is 7.84. The van der Waals surface area contributed by atoms with E-state index in [1.807, 2.05) is 13.0 Å². The van der Waals surface area contributed by atoms with Crippen LogP contribution in [0.5, 0.6) is 0 Å². The van der Waals surface area contributed by atoms with Crippen LogP contribution in [0.4, 0.5) is 10.1 Å². The lowest BCUT2D eigenvalue weighted by Gasteiger charge is -2.36. The van der Waals surface area contributed by atoms with Gasteiger partial charge in [0, 0.05) is 49.9 Å². The first-order chi connectivity index (χ1) is 12.4. The Morgan fingerprint density at radius 3 is 2.45 bits per heavy atom. The Kier molecular flexibility index (Phi) is 12.5. The summed E-state index contributed by atoms with van der Waals surface area (Å²) in [4.78, 5) is 17.0. The minimum atomic E-state index is -0.267. The van der Waals surface area contributed by atoms with Gasteiger partial charge in [0.25, 0.3) is 0 Å². The number of carbonyl (C=O) groups excluding carboxylic acids is 1. The SMILES string of the molecule is CC(NC(=O)C[C@@H]1CCC[C@H]1N)c1cc(F)ccc1N1CCN(C)CC1.Cl.Cl.Cl. The minimum Gasteiger partial charge on any atom is -0.369 e. The van der Waals surface area contributed by atoms with E-state index in [1.165, 1.54) is 6.07 Å². The molecule has 9 heteroatoms. The van der Waals surface area contributed by atoms with E-state index < -0.39 is 0 Å². The highest BCUT2D eigenvalue weighted by molar-refractivity contribution is 5.86. The van der Waals surface area contributed by atoms with Gasteiger partial charge in [0.1, 0.15) is 5.82 Å². The number of nitrogens with zero attached hydrogens (tertiary/aromatic N) is 2. The third kappa shape index (κ3) is 7.44. The molecule has 2 fully saturated rings. The number of nitrogens with two attached hydrogens (primary N) is 1. The zero-order chi connectivity index (χ0) is 18.7. The molecule has 29 heavy (non-hydrogen) atoms. The average molecular weight is 472 g/mol. The molecule has 1 heterocycles. The van der Waals surface area contributed by atoms with Crippen molar-refractivity contribution >= 4 is 48.8 Å². The molecule has 3 rings (SSSR count). The molecule has 1 unspecified atom stereocenters. The highest BCUT2D eigenvalue weighted by atomic mass is 35.5. The van der Waals surface area contributed by atoms with E-state index in [4.69, 9.17) is 5.73 Å². The first-order valence-electron chi connectivity index (χ1n) is 9.72. The van der Waals surface area contributed by atoms with Crippen molar-refractivity contribution in [3.8, 4) is 0 Å². The van der Waals surface area contributed by atoms with Crippen molar-refractivity contribution in [3.05, 3.63) is 29.6 Å². The predicted molar refractivity (Wildman–Crippen MR) is 124 cm³/mol. The van der Waals surface area contributed by atoms with Gasteiger partial charge >= 0.3 is 0 Å². The van der Waals surface area contributed by atoms with Gasteiger partial charge in [-0.1, -0.05) is 6.42 Å². The number of nitrogens with one attached hydrogen (secondary N) is 1. The zero-order valence-electron chi connectivity index (χ0n) is 17.1. The van der Waals surface area contributed by atoms with E-state index in [0.717, 1.165) is 56.7 Å². The monoisotopic (exact) mass is 470 g/mol. The molecule has 2 aliphatic rings. The smallest absolute Gasteiger partial charge is 0.220 e. The number of amides is 1. The molecule has 1 aliphatic carbocycles. The van der Waals surface area contributed by atoms with Gasteiger partial charge in [-0.15, -0.1) is 37.2 Å². The Balaban J connectivity index is 0.00000261. The number of anilines is 1. The van der Waals surface area contributed by atoms with Gasteiger partial charge < -0.3 is 20.9 Å². The molecule has 3 N–H and O–H groups in total. The van der Waals surface area contributed by atoms with Crippen LogP contribution >= 0.6 is 37.2 Å². The number of rotatable bonds is 5. The Bertz CT molecular complexity index is 644. The Morgan fingerprint density at radius 1 is 1.21 bits per heavy atom. The van der Waals surface area contributed by atoms with Crippen molar-refractivity contribution in [1.29, 1.82) is 0 Å². The molecule has 5 nitrogen and oxygen atoms in total. The summed E-state index contributed by atoms with van der Waals surface area (Å²) in [6.45, 7) is 5.72. The number of benzene rings is 1. The molecule has 0 aromatic heterocycles. The average Bonchev–Trinajstić information content (AvgIpc) is 3.00. The van der Waals surface area contributed by atoms with Gasteiger partial charge in [-0.05, 0) is 50.9 Å². The molecule has 3 atom stereocenters. The third-order valence-corrected chi connectivity index (χ3v) is 5.84. The third-order valence-electron chi connectivity index (χ3n) is 5.84. The van der Waals surface area contributed by atoms with Crippen molar-refractivity contribution in [1.82, 2.24) is 10.2 Å². The molecule has 1 saturated heterocycles. The van der Waals surface area contributed by atoms with Crippen LogP contribution in [0.25, 0.3) is 0 Å². The zero-order valence-corrected chi connectivity index (χ0v) is 19.6. The van der Waals surface area contributed by atoms with E-state index in [0.29, 0.717) is 6.42 Å². The summed E-state index contributed by atoms with van der Waals surface area (Å²) >= 11 is 0. The number of likely N-dealkylation sites (N-methyl/N-ethyl adjacent to an activating group) is 1. The molecule has 1 aliphatic heterocycles. The number of piperazine rings is 1. The van der Waals surface area contributed by atoms with Gasteiger partial charge in [0.05, 0.1) is 6.04 Å². The first-order valence-corrected chi connectivity index (χ1v) is 9.72. The molecule has 0 radical (unpaired) electrons. The van der Waals surface area contributed by atoms with Crippen LogP contribution in [0.3, 0.4) is 0 Å². The second kappa shape index (κ2) is 12.8. The van der Waals surface area contributed by atoms with Crippen LogP contribution in [0.1, 0.15) is 44.2 Å². The lowest BCUT2D eigenvalue weighted by molar-refractivity contribution is -0.122. The number of hydrogen-bond donors (Lipinski definition) is 2. The van der Waals surface area contributed by atoms with Gasteiger partial charge in [-0.2, -0.15) is 0 Å². The van der Waals surface area contributed by atoms with Crippen LogP contribution in [-0.4, -0.2) is 50.1 Å². The fourth-order valence-electron chi connectivity index (χ4n) is 4.14. The van der Waals surface area contributed by atoms with E-state index in [1.54, 1.807) is 6.07 Å². The van der Waals surface area contributed by atoms with Gasteiger partial charge in [0.2, 0.25) is 5.91 Å². The summed E-state index contributed by atoms with van der Waals surface area (Å²) in [5.74, 6) is 0.0111. The first kappa shape index (κ1) is 28.2. The van der Waals surface area contributed by atoms with Crippen molar-refractivity contribution in [2.45, 2.75) is 44.7 Å². The molecule has 1 amide bonds. The topological polar surface area (TPSA) is 61.6 Å². The number of carbonyl (C=O) groups is 1. The summed E-state index contributed by atoms with van der Waals surface area (Å²) in [7, 11) is 2.11. The molecule has 0 bridgehead atoms. The summed E-state index contributed by atoms with van der Waals surface area (Å²) in [5.41, 5.74) is 7.95. The summed E-state index contributed by atoms with van der Waals surface area (Å²) in [6.07, 6.45) is 3.59. The van der Waals surface area contributed by atoms with Gasteiger partial charge in [0.15, 0.2) is 0 Å². The molecule has 1 aromatic rings. The largest absolute Gasteiger partial charge is 0.369 e. The summed E-state index contributed by atoms with van der Waals surface area (Å²) in [5, 5.41) is 3.06. The molecular weight excluding hydrogens is 438 g/mol. The Labute approximate surface area is 192 Å². The van der Waals surface area contributed by atoms with Crippen LogP contribution in [0.15, 0.2) is 18.2 Å². The molecule has 1 aromatic carbocycles. The van der Waals surface area contributed by atoms with E-state index >= 15 is 0 Å². The van der Waals surface area contributed by atoms with Gasteiger partial charge in [-0.25, -0.2) is 4.39 Å². The van der Waals surface area contributed by atoms with Crippen molar-refractivity contribution in [3.63, 3.8) is 0 Å². The maximum atomic E-state index is 13.9. The van der Waals surface area contributed by atoms with E-state index in [-0.39, 0.29) is 66.9 Å². The fraction of sp³-hybridized carbons (Fsp3) is 0.650. The number of halogens is 4. The van der Waals surface area contributed by atoms with E-state index in [2.05, 4.69) is 22.2 Å². The van der Waals surface area contributed by atoms with E-state index in [9.17, 15) is 9.18 Å². The lowest BCUT2D eigenvalue weighted by Crippen LogP contribution is -2.45. The standard InChI is InChI=1S/C20H31FN4O.3ClH/c1-14(23-20(26)12-15-4-3-5-18(15)22)17-13-16(21)6-7-19(17)25-10-8-24(2)9-11-25;;;/h6-7,13-15,18H,3-5,8-12,22H2,1-2H3,(H,23,26);3*1H/t14?,15-,18+;;;/m0.../s1. The Hall–Kier alpha value is -0.790. The summed E-state index contributed by atoms with van der Waals surface area (Å²) < 4.78 is 13.9. The highest BCUT2D eigenvalue weighted by Gasteiger charge is 2.27. The molecule has 1 saturated carbocycles. The maximum Gasteiger partial charge on any atom is 0.220 e. The van der Waals surface area contributed by atoms with Gasteiger partial charge in [-0.3, -0.25) is 4.79 Å². The predicted octanol–water partition coefficient (Wildman–Crippen LogP) is 3.54. The van der Waals surface area contributed by atoms with Crippen LogP contribution in [0.2, 0.25) is 0 Å². The number of hydrogen-bond acceptors (Lipinski definition) is 4. The van der Waals surface area contributed by atoms with Crippen LogP contribution in [-0.2, 0) is 4.79 Å². The molecule has 168 valence electrons. The van der Waals surface area contributed by atoms with Crippen LogP contribution in [0, 0.1) is 11.7 Å².